The number of aromatic nitrogens is 2. The number of rotatable bonds is 5. The molecule has 0 aliphatic carbocycles. The molecule has 16 aromatic rings. The lowest BCUT2D eigenvalue weighted by molar-refractivity contribution is 0.569. The lowest BCUT2D eigenvalue weighted by Crippen LogP contribution is -2.60. The summed E-state index contributed by atoms with van der Waals surface area (Å²) in [5.74, 6) is 0. The SMILES string of the molecule is [2H]c1c([2H])c([2H])c(-c2ccc3c(c2)c2cc(-c4c([2H])c([2H])c([2H])c([2H])c4[2H])cc4c2n3-c2cc3c(c5c2B4c2ccc(-c4cc(C(C)(C)C)cc(C(C)(C)C)c4)cc2N5c2ccc(-c4ccccc4)cc2)c2cccc4c5ccccc5c5ccccc5c5ccccc5n3c42)c([2H])c1[2H]. The van der Waals surface area contributed by atoms with Crippen LogP contribution in [0, 0.1) is 0 Å². The van der Waals surface area contributed by atoms with E-state index < -0.39 is 43.0 Å². The fourth-order valence-corrected chi connectivity index (χ4v) is 15.0. The van der Waals surface area contributed by atoms with Crippen LogP contribution in [0.4, 0.5) is 17.1 Å². The molecule has 0 spiro atoms. The van der Waals surface area contributed by atoms with Crippen LogP contribution in [0.15, 0.2) is 279 Å². The Hall–Kier alpha value is -10.7. The van der Waals surface area contributed by atoms with Crippen LogP contribution in [-0.4, -0.2) is 15.7 Å². The quantitative estimate of drug-likeness (QED) is 0.157. The fraction of sp³-hybridized carbons (Fsp3) is 0.0930. The molecule has 0 bridgehead atoms. The highest BCUT2D eigenvalue weighted by Gasteiger charge is 2.44. The smallest absolute Gasteiger partial charge is 0.252 e. The summed E-state index contributed by atoms with van der Waals surface area (Å²) in [7, 11) is 0. The van der Waals surface area contributed by atoms with E-state index >= 15 is 0 Å². The van der Waals surface area contributed by atoms with Crippen molar-refractivity contribution in [1.82, 2.24) is 8.97 Å². The van der Waals surface area contributed by atoms with Gasteiger partial charge < -0.3 is 13.9 Å². The topological polar surface area (TPSA) is 12.6 Å². The van der Waals surface area contributed by atoms with Gasteiger partial charge in [0.05, 0.1) is 41.5 Å². The molecule has 13 aromatic carbocycles. The Kier molecular flexibility index (Phi) is 9.28. The van der Waals surface area contributed by atoms with E-state index in [-0.39, 0.29) is 46.1 Å². The highest BCUT2D eigenvalue weighted by molar-refractivity contribution is 7.00. The van der Waals surface area contributed by atoms with Crippen molar-refractivity contribution in [1.29, 1.82) is 0 Å². The van der Waals surface area contributed by atoms with Crippen molar-refractivity contribution in [3.8, 4) is 50.2 Å². The average molecular weight is 1160 g/mol. The summed E-state index contributed by atoms with van der Waals surface area (Å²) >= 11 is 0. The van der Waals surface area contributed by atoms with Crippen LogP contribution in [0.3, 0.4) is 0 Å². The molecule has 3 nitrogen and oxygen atoms in total. The van der Waals surface area contributed by atoms with Crippen LogP contribution in [-0.2, 0) is 10.8 Å². The Morgan fingerprint density at radius 2 is 0.867 bits per heavy atom. The van der Waals surface area contributed by atoms with Crippen molar-refractivity contribution in [3.05, 3.63) is 290 Å². The molecule has 0 unspecified atom stereocenters. The van der Waals surface area contributed by atoms with Crippen molar-refractivity contribution in [2.24, 2.45) is 0 Å². The highest BCUT2D eigenvalue weighted by atomic mass is 15.2. The van der Waals surface area contributed by atoms with Gasteiger partial charge in [-0.25, -0.2) is 0 Å². The van der Waals surface area contributed by atoms with E-state index in [1.54, 1.807) is 0 Å². The summed E-state index contributed by atoms with van der Waals surface area (Å²) in [6.07, 6.45) is 0. The van der Waals surface area contributed by atoms with Crippen LogP contribution in [0.5, 0.6) is 0 Å². The molecular formula is C86H64BN3. The van der Waals surface area contributed by atoms with Crippen LogP contribution in [0.25, 0.3) is 132 Å². The maximum atomic E-state index is 9.63. The summed E-state index contributed by atoms with van der Waals surface area (Å²) in [4.78, 5) is 2.49. The normalized spacial score (nSPS) is 14.5. The van der Waals surface area contributed by atoms with Gasteiger partial charge >= 0.3 is 0 Å². The first-order valence-electron chi connectivity index (χ1n) is 36.0. The maximum Gasteiger partial charge on any atom is 0.252 e. The zero-order valence-corrected chi connectivity index (χ0v) is 50.7. The van der Waals surface area contributed by atoms with E-state index in [4.69, 9.17) is 8.22 Å². The Balaban J connectivity index is 1.08. The van der Waals surface area contributed by atoms with Crippen LogP contribution >= 0.6 is 0 Å². The Morgan fingerprint density at radius 1 is 0.333 bits per heavy atom. The van der Waals surface area contributed by atoms with Crippen LogP contribution in [0.2, 0.25) is 0 Å². The van der Waals surface area contributed by atoms with Gasteiger partial charge in [-0.1, -0.05) is 272 Å². The van der Waals surface area contributed by atoms with Gasteiger partial charge in [-0.2, -0.15) is 0 Å². The predicted octanol–water partition coefficient (Wildman–Crippen LogP) is 21.2. The van der Waals surface area contributed by atoms with E-state index in [0.717, 1.165) is 132 Å². The number of hydrogen-bond acceptors (Lipinski definition) is 1. The molecule has 0 saturated carbocycles. The summed E-state index contributed by atoms with van der Waals surface area (Å²) in [6, 6.07) is 74.1. The van der Waals surface area contributed by atoms with E-state index in [1.807, 2.05) is 36.4 Å². The Morgan fingerprint density at radius 3 is 1.54 bits per heavy atom. The molecule has 0 amide bonds. The molecule has 426 valence electrons. The minimum Gasteiger partial charge on any atom is -0.311 e. The summed E-state index contributed by atoms with van der Waals surface area (Å²) in [6.45, 7) is 13.0. The van der Waals surface area contributed by atoms with Crippen molar-refractivity contribution in [2.75, 3.05) is 4.90 Å². The van der Waals surface area contributed by atoms with Gasteiger partial charge in [0, 0.05) is 54.9 Å². The second-order valence-electron chi connectivity index (χ2n) is 26.5. The predicted molar refractivity (Wildman–Crippen MR) is 387 cm³/mol. The van der Waals surface area contributed by atoms with E-state index in [2.05, 4.69) is 237 Å². The largest absolute Gasteiger partial charge is 0.311 e. The van der Waals surface area contributed by atoms with Gasteiger partial charge in [-0.3, -0.25) is 0 Å². The molecule has 2 aliphatic heterocycles. The first kappa shape index (κ1) is 43.0. The lowest BCUT2D eigenvalue weighted by Gasteiger charge is -2.41. The molecular weight excluding hydrogens is 1090 g/mol. The standard InChI is InChI=1S/C86H64BN3/c1-85(2,3)61-45-59(46-62(51-61)86(4,5)6)58-39-43-73-77(50-58)88(63-41-37-56(38-42-63)53-23-10-7-11-24-53)84-80-70-35-22-34-69-67-32-19-17-30-65(67)64-29-16-18-31-66(64)68-33-20-21-36-75(68)89(82(69)70)78(80)52-79-81(84)87(73)74-49-60(55-27-14-9-15-28-55)48-72-71-47-57(54-25-12-8-13-26-54)40-44-76(71)90(79)83(72)74/h7-52H,1-6H3/i8D,9D,12D,13D,14D,15D,25D,26D,27D,28D. The Labute approximate surface area is 539 Å². The maximum absolute atomic E-state index is 9.63. The highest BCUT2D eigenvalue weighted by Crippen LogP contribution is 2.51. The van der Waals surface area contributed by atoms with Crippen LogP contribution in [0.1, 0.15) is 66.4 Å². The van der Waals surface area contributed by atoms with Crippen molar-refractivity contribution < 1.29 is 13.7 Å². The molecule has 18 rings (SSSR count). The third-order valence-corrected chi connectivity index (χ3v) is 19.3. The number of nitrogens with zero attached hydrogens (tertiary/aromatic N) is 3. The van der Waals surface area contributed by atoms with Crippen LogP contribution < -0.4 is 21.3 Å². The molecule has 4 heteroatoms. The van der Waals surface area contributed by atoms with E-state index in [9.17, 15) is 5.48 Å². The average Bonchev–Trinajstić information content (AvgIpc) is 1.43. The third-order valence-electron chi connectivity index (χ3n) is 19.3. The monoisotopic (exact) mass is 1160 g/mol. The van der Waals surface area contributed by atoms with Gasteiger partial charge in [-0.05, 0) is 153 Å². The number of hydrogen-bond donors (Lipinski definition) is 0. The zero-order chi connectivity index (χ0) is 69.0. The first-order valence-corrected chi connectivity index (χ1v) is 31.0. The summed E-state index contributed by atoms with van der Waals surface area (Å²) in [5.41, 5.74) is 18.3. The number of fused-ring (bicyclic) bond motifs is 18. The molecule has 90 heavy (non-hydrogen) atoms. The number of para-hydroxylation sites is 2. The second-order valence-corrected chi connectivity index (χ2v) is 26.5. The molecule has 3 aromatic heterocycles. The zero-order valence-electron chi connectivity index (χ0n) is 60.7. The number of benzene rings is 13. The summed E-state index contributed by atoms with van der Waals surface area (Å²) in [5, 5.41) is 9.93. The molecule has 5 heterocycles. The van der Waals surface area contributed by atoms with Crippen molar-refractivity contribution in [3.63, 3.8) is 0 Å². The fourth-order valence-electron chi connectivity index (χ4n) is 15.0. The molecule has 0 fully saturated rings. The minimum atomic E-state index is -0.575. The van der Waals surface area contributed by atoms with Crippen molar-refractivity contribution >= 4 is 122 Å². The van der Waals surface area contributed by atoms with Gasteiger partial charge in [0.25, 0.3) is 6.71 Å². The minimum absolute atomic E-state index is 0.0470. The van der Waals surface area contributed by atoms with E-state index in [0.29, 0.717) is 21.9 Å². The molecule has 0 N–H and O–H groups in total. The second kappa shape index (κ2) is 19.4. The molecule has 0 saturated heterocycles. The summed E-state index contributed by atoms with van der Waals surface area (Å²) < 4.78 is 96.0. The molecule has 0 radical (unpaired) electrons. The third kappa shape index (κ3) is 7.80. The van der Waals surface area contributed by atoms with Gasteiger partial charge in [0.2, 0.25) is 0 Å². The van der Waals surface area contributed by atoms with Gasteiger partial charge in [-0.15, -0.1) is 0 Å². The number of anilines is 3. The lowest BCUT2D eigenvalue weighted by atomic mass is 9.33. The molecule has 0 atom stereocenters. The van der Waals surface area contributed by atoms with E-state index in [1.165, 1.54) is 11.1 Å². The van der Waals surface area contributed by atoms with Crippen molar-refractivity contribution in [2.45, 2.75) is 52.4 Å². The molecule has 2 aliphatic rings. The first-order chi connectivity index (χ1) is 48.1. The van der Waals surface area contributed by atoms with Gasteiger partial charge in [0.15, 0.2) is 0 Å². The van der Waals surface area contributed by atoms with Gasteiger partial charge in [0.1, 0.15) is 0 Å². The Bertz CT molecular complexity index is 6290.